The van der Waals surface area contributed by atoms with Gasteiger partial charge in [-0.15, -0.1) is 10.2 Å². The summed E-state index contributed by atoms with van der Waals surface area (Å²) in [4.78, 5) is 11.7. The molecule has 17 heavy (non-hydrogen) atoms. The van der Waals surface area contributed by atoms with E-state index in [1.165, 1.54) is 0 Å². The van der Waals surface area contributed by atoms with Gasteiger partial charge in [-0.05, 0) is 19.1 Å². The molecule has 1 aromatic carbocycles. The minimum atomic E-state index is -0.310. The molecule has 0 bridgehead atoms. The fourth-order valence-corrected chi connectivity index (χ4v) is 2.12. The Morgan fingerprint density at radius 3 is 2.94 bits per heavy atom. The SMILES string of the molecule is CCNC(=O)c1nnc2cccc(Br)c2c1N. The van der Waals surface area contributed by atoms with Crippen LogP contribution in [0, 0.1) is 0 Å². The summed E-state index contributed by atoms with van der Waals surface area (Å²) in [6.07, 6.45) is 0. The summed E-state index contributed by atoms with van der Waals surface area (Å²) in [5, 5.41) is 11.2. The van der Waals surface area contributed by atoms with Gasteiger partial charge in [-0.25, -0.2) is 0 Å². The third kappa shape index (κ3) is 2.08. The predicted molar refractivity (Wildman–Crippen MR) is 69.7 cm³/mol. The Labute approximate surface area is 107 Å². The molecule has 3 N–H and O–H groups in total. The first-order valence-electron chi connectivity index (χ1n) is 5.13. The van der Waals surface area contributed by atoms with Gasteiger partial charge in [-0.1, -0.05) is 22.0 Å². The third-order valence-corrected chi connectivity index (χ3v) is 2.99. The van der Waals surface area contributed by atoms with E-state index in [0.29, 0.717) is 23.1 Å². The van der Waals surface area contributed by atoms with E-state index in [1.54, 1.807) is 6.07 Å². The van der Waals surface area contributed by atoms with Crippen molar-refractivity contribution >= 4 is 38.4 Å². The highest BCUT2D eigenvalue weighted by Crippen LogP contribution is 2.28. The van der Waals surface area contributed by atoms with Crippen molar-refractivity contribution < 1.29 is 4.79 Å². The number of nitrogens with one attached hydrogen (secondary N) is 1. The molecular formula is C11H11BrN4O. The van der Waals surface area contributed by atoms with Crippen LogP contribution in [0.4, 0.5) is 5.69 Å². The molecule has 0 saturated heterocycles. The summed E-state index contributed by atoms with van der Waals surface area (Å²) in [5.41, 5.74) is 7.11. The topological polar surface area (TPSA) is 80.9 Å². The van der Waals surface area contributed by atoms with E-state index in [2.05, 4.69) is 31.4 Å². The minimum Gasteiger partial charge on any atom is -0.396 e. The van der Waals surface area contributed by atoms with Crippen molar-refractivity contribution in [3.05, 3.63) is 28.4 Å². The number of rotatable bonds is 2. The van der Waals surface area contributed by atoms with Crippen LogP contribution in [0.5, 0.6) is 0 Å². The molecule has 0 atom stereocenters. The smallest absolute Gasteiger partial charge is 0.273 e. The number of benzene rings is 1. The number of nitrogens with zero attached hydrogens (tertiary/aromatic N) is 2. The van der Waals surface area contributed by atoms with Crippen molar-refractivity contribution in [3.63, 3.8) is 0 Å². The molecule has 6 heteroatoms. The first-order chi connectivity index (χ1) is 8.15. The molecule has 0 fully saturated rings. The number of nitrogen functional groups attached to an aromatic ring is 1. The van der Waals surface area contributed by atoms with E-state index < -0.39 is 0 Å². The lowest BCUT2D eigenvalue weighted by Gasteiger charge is -2.07. The fourth-order valence-electron chi connectivity index (χ4n) is 1.55. The molecule has 0 spiro atoms. The quantitative estimate of drug-likeness (QED) is 0.884. The van der Waals surface area contributed by atoms with Crippen molar-refractivity contribution in [3.8, 4) is 0 Å². The molecule has 0 radical (unpaired) electrons. The second-order valence-corrected chi connectivity index (χ2v) is 4.31. The molecule has 0 unspecified atom stereocenters. The number of carbonyl (C=O) groups excluding carboxylic acids is 1. The second kappa shape index (κ2) is 4.67. The van der Waals surface area contributed by atoms with Crippen molar-refractivity contribution in [2.75, 3.05) is 12.3 Å². The van der Waals surface area contributed by atoms with E-state index in [1.807, 2.05) is 19.1 Å². The van der Waals surface area contributed by atoms with Gasteiger partial charge in [0.15, 0.2) is 5.69 Å². The van der Waals surface area contributed by atoms with Gasteiger partial charge in [0, 0.05) is 16.4 Å². The van der Waals surface area contributed by atoms with Crippen molar-refractivity contribution in [1.82, 2.24) is 15.5 Å². The fraction of sp³-hybridized carbons (Fsp3) is 0.182. The minimum absolute atomic E-state index is 0.159. The van der Waals surface area contributed by atoms with Crippen LogP contribution in [0.2, 0.25) is 0 Å². The van der Waals surface area contributed by atoms with E-state index in [-0.39, 0.29) is 11.6 Å². The van der Waals surface area contributed by atoms with Gasteiger partial charge in [-0.3, -0.25) is 4.79 Å². The van der Waals surface area contributed by atoms with E-state index >= 15 is 0 Å². The number of nitrogens with two attached hydrogens (primary N) is 1. The predicted octanol–water partition coefficient (Wildman–Crippen LogP) is 1.72. The highest BCUT2D eigenvalue weighted by atomic mass is 79.9. The molecular weight excluding hydrogens is 284 g/mol. The van der Waals surface area contributed by atoms with Crippen LogP contribution in [0.15, 0.2) is 22.7 Å². The number of fused-ring (bicyclic) bond motifs is 1. The summed E-state index contributed by atoms with van der Waals surface area (Å²) in [5.74, 6) is -0.310. The molecule has 0 aliphatic carbocycles. The van der Waals surface area contributed by atoms with E-state index in [4.69, 9.17) is 5.73 Å². The maximum Gasteiger partial charge on any atom is 0.273 e. The zero-order valence-corrected chi connectivity index (χ0v) is 10.8. The maximum absolute atomic E-state index is 11.7. The lowest BCUT2D eigenvalue weighted by molar-refractivity contribution is 0.0951. The number of amides is 1. The van der Waals surface area contributed by atoms with Crippen molar-refractivity contribution in [2.24, 2.45) is 0 Å². The number of hydrogen-bond acceptors (Lipinski definition) is 4. The van der Waals surface area contributed by atoms with Crippen molar-refractivity contribution in [1.29, 1.82) is 0 Å². The van der Waals surface area contributed by atoms with E-state index in [9.17, 15) is 4.79 Å². The first-order valence-corrected chi connectivity index (χ1v) is 5.93. The molecule has 0 aliphatic heterocycles. The zero-order chi connectivity index (χ0) is 12.4. The third-order valence-electron chi connectivity index (χ3n) is 2.33. The van der Waals surface area contributed by atoms with Gasteiger partial charge in [0.1, 0.15) is 0 Å². The van der Waals surface area contributed by atoms with Gasteiger partial charge in [0.05, 0.1) is 11.2 Å². The molecule has 1 heterocycles. The van der Waals surface area contributed by atoms with Crippen LogP contribution in [-0.4, -0.2) is 22.6 Å². The van der Waals surface area contributed by atoms with Gasteiger partial charge in [-0.2, -0.15) is 0 Å². The normalized spacial score (nSPS) is 10.5. The number of carbonyl (C=O) groups is 1. The number of hydrogen-bond donors (Lipinski definition) is 2. The Morgan fingerprint density at radius 2 is 2.24 bits per heavy atom. The Kier molecular flexibility index (Phi) is 3.23. The van der Waals surface area contributed by atoms with Crippen LogP contribution < -0.4 is 11.1 Å². The van der Waals surface area contributed by atoms with Crippen molar-refractivity contribution in [2.45, 2.75) is 6.92 Å². The number of aromatic nitrogens is 2. The molecule has 88 valence electrons. The average Bonchev–Trinajstić information content (AvgIpc) is 2.29. The maximum atomic E-state index is 11.7. The average molecular weight is 295 g/mol. The van der Waals surface area contributed by atoms with E-state index in [0.717, 1.165) is 4.47 Å². The Bertz CT molecular complexity index is 585. The standard InChI is InChI=1S/C11H11BrN4O/c1-2-14-11(17)10-9(13)8-6(12)4-3-5-7(8)15-16-10/h3-5H,2H2,1H3,(H2,13,15)(H,14,17). The first kappa shape index (κ1) is 11.8. The molecule has 2 aromatic rings. The van der Waals surface area contributed by atoms with Crippen LogP contribution in [0.3, 0.4) is 0 Å². The monoisotopic (exact) mass is 294 g/mol. The summed E-state index contributed by atoms with van der Waals surface area (Å²) in [7, 11) is 0. The summed E-state index contributed by atoms with van der Waals surface area (Å²) in [6, 6.07) is 5.49. The lowest BCUT2D eigenvalue weighted by atomic mass is 10.1. The second-order valence-electron chi connectivity index (χ2n) is 3.46. The molecule has 0 aliphatic rings. The molecule has 1 aromatic heterocycles. The molecule has 5 nitrogen and oxygen atoms in total. The summed E-state index contributed by atoms with van der Waals surface area (Å²) >= 11 is 3.39. The summed E-state index contributed by atoms with van der Waals surface area (Å²) in [6.45, 7) is 2.35. The lowest BCUT2D eigenvalue weighted by Crippen LogP contribution is -2.25. The van der Waals surface area contributed by atoms with Crippen LogP contribution >= 0.6 is 15.9 Å². The highest BCUT2D eigenvalue weighted by Gasteiger charge is 2.15. The van der Waals surface area contributed by atoms with Crippen LogP contribution in [-0.2, 0) is 0 Å². The molecule has 0 saturated carbocycles. The summed E-state index contributed by atoms with van der Waals surface area (Å²) < 4.78 is 0.799. The number of anilines is 1. The van der Waals surface area contributed by atoms with Gasteiger partial charge in [0.25, 0.3) is 5.91 Å². The van der Waals surface area contributed by atoms with Gasteiger partial charge in [0.2, 0.25) is 0 Å². The number of halogens is 1. The highest BCUT2D eigenvalue weighted by molar-refractivity contribution is 9.10. The Hall–Kier alpha value is -1.69. The largest absolute Gasteiger partial charge is 0.396 e. The molecule has 1 amide bonds. The Morgan fingerprint density at radius 1 is 1.47 bits per heavy atom. The zero-order valence-electron chi connectivity index (χ0n) is 9.20. The van der Waals surface area contributed by atoms with Gasteiger partial charge >= 0.3 is 0 Å². The van der Waals surface area contributed by atoms with Gasteiger partial charge < -0.3 is 11.1 Å². The van der Waals surface area contributed by atoms with Crippen LogP contribution in [0.1, 0.15) is 17.4 Å². The van der Waals surface area contributed by atoms with Crippen LogP contribution in [0.25, 0.3) is 10.9 Å². The Balaban J connectivity index is 2.65. The molecule has 2 rings (SSSR count).